The van der Waals surface area contributed by atoms with Crippen molar-refractivity contribution < 1.29 is 4.79 Å². The molecule has 164 valence electrons. The lowest BCUT2D eigenvalue weighted by atomic mass is 10.2. The number of hydrogen-bond donors (Lipinski definition) is 1. The summed E-state index contributed by atoms with van der Waals surface area (Å²) in [4.78, 5) is 39.0. The van der Waals surface area contributed by atoms with Crippen molar-refractivity contribution in [3.05, 3.63) is 58.8 Å². The third-order valence-electron chi connectivity index (χ3n) is 5.82. The standard InChI is InChI=1S/C23H25N7O2/c1-15(2)14-30-19-13-24-8-7-18(19)25-21(23(30)32)28-9-11-29(12-10-28)22(31)20-16-5-3-4-6-17(16)26-27-20/h3-8,13,15H,9-12,14H2,1-2H3,(H,26,27). The number of piperazine rings is 1. The van der Waals surface area contributed by atoms with Gasteiger partial charge in [0.05, 0.1) is 22.7 Å². The van der Waals surface area contributed by atoms with Gasteiger partial charge in [0.15, 0.2) is 11.5 Å². The van der Waals surface area contributed by atoms with Crippen molar-refractivity contribution in [1.82, 2.24) is 29.6 Å². The number of H-pyrrole nitrogens is 1. The van der Waals surface area contributed by atoms with Crippen LogP contribution < -0.4 is 10.5 Å². The number of nitrogens with zero attached hydrogens (tertiary/aromatic N) is 6. The molecule has 1 N–H and O–H groups in total. The molecule has 1 saturated heterocycles. The number of benzene rings is 1. The van der Waals surface area contributed by atoms with Gasteiger partial charge in [-0.1, -0.05) is 32.0 Å². The summed E-state index contributed by atoms with van der Waals surface area (Å²) in [6, 6.07) is 9.44. The molecule has 0 atom stereocenters. The number of hydrogen-bond acceptors (Lipinski definition) is 6. The SMILES string of the molecule is CC(C)Cn1c(=O)c(N2CCN(C(=O)c3n[nH]c4ccccc34)CC2)nc2ccncc21. The lowest BCUT2D eigenvalue weighted by Crippen LogP contribution is -2.50. The average molecular weight is 432 g/mol. The third kappa shape index (κ3) is 3.49. The second-order valence-corrected chi connectivity index (χ2v) is 8.51. The maximum absolute atomic E-state index is 13.3. The van der Waals surface area contributed by atoms with E-state index in [9.17, 15) is 9.59 Å². The van der Waals surface area contributed by atoms with Crippen LogP contribution in [0.15, 0.2) is 47.5 Å². The van der Waals surface area contributed by atoms with Crippen LogP contribution in [-0.2, 0) is 6.54 Å². The van der Waals surface area contributed by atoms with Crippen LogP contribution >= 0.6 is 0 Å². The van der Waals surface area contributed by atoms with Crippen LogP contribution in [0.5, 0.6) is 0 Å². The fraction of sp³-hybridized carbons (Fsp3) is 0.348. The smallest absolute Gasteiger partial charge is 0.294 e. The van der Waals surface area contributed by atoms with Gasteiger partial charge in [-0.3, -0.25) is 19.7 Å². The number of pyridine rings is 1. The summed E-state index contributed by atoms with van der Waals surface area (Å²) in [7, 11) is 0. The quantitative estimate of drug-likeness (QED) is 0.532. The number of anilines is 1. The average Bonchev–Trinajstić information content (AvgIpc) is 3.24. The first-order chi connectivity index (χ1) is 15.5. The summed E-state index contributed by atoms with van der Waals surface area (Å²) < 4.78 is 1.77. The summed E-state index contributed by atoms with van der Waals surface area (Å²) in [5.74, 6) is 0.642. The number of aromatic amines is 1. The van der Waals surface area contributed by atoms with Gasteiger partial charge in [-0.25, -0.2) is 4.98 Å². The Bertz CT molecular complexity index is 1350. The fourth-order valence-electron chi connectivity index (χ4n) is 4.22. The molecule has 1 aromatic carbocycles. The largest absolute Gasteiger partial charge is 0.348 e. The van der Waals surface area contributed by atoms with Crippen molar-refractivity contribution in [1.29, 1.82) is 0 Å². The number of amides is 1. The minimum absolute atomic E-state index is 0.100. The van der Waals surface area contributed by atoms with Gasteiger partial charge in [0, 0.05) is 44.3 Å². The van der Waals surface area contributed by atoms with Gasteiger partial charge in [0.2, 0.25) is 0 Å². The van der Waals surface area contributed by atoms with E-state index in [4.69, 9.17) is 0 Å². The molecule has 0 aliphatic carbocycles. The molecule has 4 heterocycles. The molecule has 4 aromatic rings. The van der Waals surface area contributed by atoms with Crippen molar-refractivity contribution in [2.45, 2.75) is 20.4 Å². The maximum atomic E-state index is 13.3. The minimum Gasteiger partial charge on any atom is -0.348 e. The normalized spacial score (nSPS) is 14.6. The Balaban J connectivity index is 1.40. The molecule has 9 nitrogen and oxygen atoms in total. The first-order valence-corrected chi connectivity index (χ1v) is 10.8. The summed E-state index contributed by atoms with van der Waals surface area (Å²) in [6.45, 7) is 6.83. The van der Waals surface area contributed by atoms with Crippen LogP contribution in [0, 0.1) is 5.92 Å². The Hall–Kier alpha value is -3.75. The van der Waals surface area contributed by atoms with Crippen molar-refractivity contribution in [3.63, 3.8) is 0 Å². The summed E-state index contributed by atoms with van der Waals surface area (Å²) >= 11 is 0. The summed E-state index contributed by atoms with van der Waals surface area (Å²) in [5.41, 5.74) is 2.66. The zero-order valence-corrected chi connectivity index (χ0v) is 18.2. The zero-order chi connectivity index (χ0) is 22.2. The Labute approximate surface area is 184 Å². The van der Waals surface area contributed by atoms with E-state index < -0.39 is 0 Å². The van der Waals surface area contributed by atoms with E-state index in [1.54, 1.807) is 21.9 Å². The molecule has 32 heavy (non-hydrogen) atoms. The molecule has 0 saturated carbocycles. The van der Waals surface area contributed by atoms with Crippen LogP contribution in [0.1, 0.15) is 24.3 Å². The summed E-state index contributed by atoms with van der Waals surface area (Å²) in [6.07, 6.45) is 3.38. The number of para-hydroxylation sites is 1. The highest BCUT2D eigenvalue weighted by Crippen LogP contribution is 2.20. The third-order valence-corrected chi connectivity index (χ3v) is 5.82. The van der Waals surface area contributed by atoms with Gasteiger partial charge in [0.1, 0.15) is 0 Å². The molecule has 0 bridgehead atoms. The molecule has 0 radical (unpaired) electrons. The molecular formula is C23H25N7O2. The van der Waals surface area contributed by atoms with Crippen molar-refractivity contribution in [2.24, 2.45) is 5.92 Å². The highest BCUT2D eigenvalue weighted by molar-refractivity contribution is 6.04. The fourth-order valence-corrected chi connectivity index (χ4v) is 4.22. The predicted molar refractivity (Wildman–Crippen MR) is 123 cm³/mol. The van der Waals surface area contributed by atoms with Gasteiger partial charge in [-0.15, -0.1) is 0 Å². The highest BCUT2D eigenvalue weighted by Gasteiger charge is 2.27. The Morgan fingerprint density at radius 1 is 1.12 bits per heavy atom. The number of nitrogens with one attached hydrogen (secondary N) is 1. The van der Waals surface area contributed by atoms with E-state index >= 15 is 0 Å². The van der Waals surface area contributed by atoms with E-state index in [1.807, 2.05) is 35.2 Å². The Morgan fingerprint density at radius 3 is 2.69 bits per heavy atom. The lowest BCUT2D eigenvalue weighted by molar-refractivity contribution is 0.0742. The molecule has 9 heteroatoms. The van der Waals surface area contributed by atoms with Gasteiger partial charge < -0.3 is 14.4 Å². The van der Waals surface area contributed by atoms with Crippen molar-refractivity contribution in [3.8, 4) is 0 Å². The number of rotatable bonds is 4. The monoisotopic (exact) mass is 431 g/mol. The molecule has 1 aliphatic heterocycles. The highest BCUT2D eigenvalue weighted by atomic mass is 16.2. The minimum atomic E-state index is -0.114. The molecule has 5 rings (SSSR count). The first kappa shape index (κ1) is 20.2. The predicted octanol–water partition coefficient (Wildman–Crippen LogP) is 2.29. The van der Waals surface area contributed by atoms with E-state index in [-0.39, 0.29) is 11.5 Å². The van der Waals surface area contributed by atoms with Crippen LogP contribution in [-0.4, -0.2) is 61.7 Å². The Kier molecular flexibility index (Phi) is 5.08. The molecule has 1 amide bonds. The van der Waals surface area contributed by atoms with Gasteiger partial charge in [-0.2, -0.15) is 5.10 Å². The summed E-state index contributed by atoms with van der Waals surface area (Å²) in [5, 5.41) is 7.98. The lowest BCUT2D eigenvalue weighted by Gasteiger charge is -2.35. The van der Waals surface area contributed by atoms with E-state index in [1.165, 1.54) is 0 Å². The van der Waals surface area contributed by atoms with Gasteiger partial charge in [0.25, 0.3) is 11.5 Å². The van der Waals surface area contributed by atoms with Crippen LogP contribution in [0.4, 0.5) is 5.82 Å². The number of carbonyl (C=O) groups excluding carboxylic acids is 1. The van der Waals surface area contributed by atoms with Crippen LogP contribution in [0.2, 0.25) is 0 Å². The Morgan fingerprint density at radius 2 is 1.91 bits per heavy atom. The second-order valence-electron chi connectivity index (χ2n) is 8.51. The van der Waals surface area contributed by atoms with E-state index in [2.05, 4.69) is 34.0 Å². The van der Waals surface area contributed by atoms with Crippen molar-refractivity contribution in [2.75, 3.05) is 31.1 Å². The van der Waals surface area contributed by atoms with Gasteiger partial charge >= 0.3 is 0 Å². The molecule has 0 spiro atoms. The zero-order valence-electron chi connectivity index (χ0n) is 18.2. The van der Waals surface area contributed by atoms with E-state index in [0.29, 0.717) is 50.2 Å². The molecule has 1 aliphatic rings. The first-order valence-electron chi connectivity index (χ1n) is 10.8. The topological polar surface area (TPSA) is 100 Å². The van der Waals surface area contributed by atoms with Crippen molar-refractivity contribution >= 4 is 33.7 Å². The number of aromatic nitrogens is 5. The van der Waals surface area contributed by atoms with Crippen LogP contribution in [0.3, 0.4) is 0 Å². The van der Waals surface area contributed by atoms with Crippen LogP contribution in [0.25, 0.3) is 21.9 Å². The molecule has 0 unspecified atom stereocenters. The molecule has 3 aromatic heterocycles. The number of fused-ring (bicyclic) bond motifs is 2. The second kappa shape index (κ2) is 8.07. The van der Waals surface area contributed by atoms with E-state index in [0.717, 1.165) is 21.9 Å². The van der Waals surface area contributed by atoms with Gasteiger partial charge in [-0.05, 0) is 18.1 Å². The molecular weight excluding hydrogens is 406 g/mol. The maximum Gasteiger partial charge on any atom is 0.294 e. The number of carbonyl (C=O) groups is 1. The molecule has 1 fully saturated rings.